The number of Topliss-reactive ketones (excluding diaryl/α,β-unsaturated/α-hetero) is 1. The topological polar surface area (TPSA) is 43.4 Å². The normalized spacial score (nSPS) is 49.7. The molecule has 5 rings (SSSR count). The van der Waals surface area contributed by atoms with Crippen molar-refractivity contribution in [3.63, 3.8) is 0 Å². The SMILES string of the molecule is CC(=O)O[C@H]1CC[C@@]2(C)C(=CC[C@@H]3[C@@H]2CC[C@@]2(C)[C@H]3C[C@@H]3CCCC[C@@]32C(C)=O)C1. The molecule has 0 spiro atoms. The van der Waals surface area contributed by atoms with Crippen LogP contribution in [0, 0.1) is 39.9 Å². The van der Waals surface area contributed by atoms with Gasteiger partial charge in [-0.1, -0.05) is 38.3 Å². The van der Waals surface area contributed by atoms with Gasteiger partial charge in [0.05, 0.1) is 0 Å². The Morgan fingerprint density at radius 3 is 2.53 bits per heavy atom. The number of hydrogen-bond acceptors (Lipinski definition) is 3. The van der Waals surface area contributed by atoms with E-state index in [2.05, 4.69) is 19.9 Å². The molecule has 0 N–H and O–H groups in total. The molecule has 3 nitrogen and oxygen atoms in total. The fourth-order valence-electron chi connectivity index (χ4n) is 9.76. The molecule has 0 amide bonds. The van der Waals surface area contributed by atoms with Gasteiger partial charge in [0.15, 0.2) is 0 Å². The van der Waals surface area contributed by atoms with Gasteiger partial charge in [0, 0.05) is 18.8 Å². The van der Waals surface area contributed by atoms with Crippen molar-refractivity contribution in [1.29, 1.82) is 0 Å². The molecule has 0 aliphatic heterocycles. The summed E-state index contributed by atoms with van der Waals surface area (Å²) in [5, 5.41) is 0. The minimum absolute atomic E-state index is 0.0429. The van der Waals surface area contributed by atoms with E-state index in [9.17, 15) is 9.59 Å². The lowest BCUT2D eigenvalue weighted by Crippen LogP contribution is -2.55. The first-order valence-electron chi connectivity index (χ1n) is 12.6. The van der Waals surface area contributed by atoms with Crippen LogP contribution in [-0.2, 0) is 14.3 Å². The number of rotatable bonds is 2. The van der Waals surface area contributed by atoms with Crippen molar-refractivity contribution in [2.75, 3.05) is 0 Å². The molecule has 166 valence electrons. The minimum Gasteiger partial charge on any atom is -0.462 e. The summed E-state index contributed by atoms with van der Waals surface area (Å²) in [5.41, 5.74) is 1.97. The number of ether oxygens (including phenoxy) is 1. The van der Waals surface area contributed by atoms with Crippen LogP contribution in [0.5, 0.6) is 0 Å². The average molecular weight is 413 g/mol. The van der Waals surface area contributed by atoms with E-state index >= 15 is 0 Å². The van der Waals surface area contributed by atoms with Crippen LogP contribution in [0.3, 0.4) is 0 Å². The molecule has 5 aliphatic carbocycles. The van der Waals surface area contributed by atoms with Gasteiger partial charge in [-0.2, -0.15) is 0 Å². The summed E-state index contributed by atoms with van der Waals surface area (Å²) in [6, 6.07) is 0. The first-order valence-corrected chi connectivity index (χ1v) is 12.6. The van der Waals surface area contributed by atoms with E-state index in [0.717, 1.165) is 37.5 Å². The van der Waals surface area contributed by atoms with E-state index in [-0.39, 0.29) is 28.3 Å². The maximum absolute atomic E-state index is 13.2. The van der Waals surface area contributed by atoms with Crippen LogP contribution >= 0.6 is 0 Å². The molecule has 0 aromatic carbocycles. The number of ketones is 1. The summed E-state index contributed by atoms with van der Waals surface area (Å²) in [6.07, 6.45) is 15.6. The largest absolute Gasteiger partial charge is 0.462 e. The Balaban J connectivity index is 1.46. The third kappa shape index (κ3) is 2.62. The fraction of sp³-hybridized carbons (Fsp3) is 0.852. The molecule has 3 heteroatoms. The fourth-order valence-corrected chi connectivity index (χ4v) is 9.76. The van der Waals surface area contributed by atoms with Crippen molar-refractivity contribution in [2.24, 2.45) is 39.9 Å². The lowest BCUT2D eigenvalue weighted by atomic mass is 9.44. The Hall–Kier alpha value is -1.12. The number of esters is 1. The highest BCUT2D eigenvalue weighted by molar-refractivity contribution is 5.84. The van der Waals surface area contributed by atoms with E-state index in [1.54, 1.807) is 5.57 Å². The minimum atomic E-state index is -0.144. The van der Waals surface area contributed by atoms with Gasteiger partial charge >= 0.3 is 5.97 Å². The number of hydrogen-bond donors (Lipinski definition) is 0. The van der Waals surface area contributed by atoms with Crippen LogP contribution in [-0.4, -0.2) is 17.9 Å². The Labute approximate surface area is 182 Å². The molecule has 0 bridgehead atoms. The molecule has 0 aromatic rings. The first kappa shape index (κ1) is 20.8. The standard InChI is InChI=1S/C27H40O3/c1-17(28)27-12-6-5-7-20(27)16-24-22-9-8-19-15-21(30-18(2)29)10-13-25(19,3)23(22)11-14-26(24,27)4/h8,20-24H,5-7,9-16H2,1-4H3/t20-,21-,22+,23-,24-,25-,26-,27+/m0/s1. The van der Waals surface area contributed by atoms with Gasteiger partial charge in [0.25, 0.3) is 0 Å². The zero-order chi connectivity index (χ0) is 21.3. The highest BCUT2D eigenvalue weighted by Crippen LogP contribution is 2.73. The third-order valence-corrected chi connectivity index (χ3v) is 11.0. The van der Waals surface area contributed by atoms with Gasteiger partial charge < -0.3 is 4.74 Å². The second-order valence-corrected chi connectivity index (χ2v) is 11.9. The van der Waals surface area contributed by atoms with Crippen LogP contribution in [0.15, 0.2) is 11.6 Å². The molecule has 0 saturated heterocycles. The van der Waals surface area contributed by atoms with Crippen molar-refractivity contribution in [1.82, 2.24) is 0 Å². The summed E-state index contributed by atoms with van der Waals surface area (Å²) in [5.74, 6) is 3.13. The molecular formula is C27H40O3. The van der Waals surface area contributed by atoms with Crippen LogP contribution in [0.25, 0.3) is 0 Å². The monoisotopic (exact) mass is 412 g/mol. The van der Waals surface area contributed by atoms with E-state index < -0.39 is 0 Å². The molecule has 0 heterocycles. The van der Waals surface area contributed by atoms with Crippen LogP contribution in [0.1, 0.15) is 98.3 Å². The van der Waals surface area contributed by atoms with E-state index in [1.165, 1.54) is 51.9 Å². The van der Waals surface area contributed by atoms with Crippen molar-refractivity contribution >= 4 is 11.8 Å². The zero-order valence-electron chi connectivity index (χ0n) is 19.5. The number of carbonyl (C=O) groups is 2. The van der Waals surface area contributed by atoms with Gasteiger partial charge in [-0.3, -0.25) is 9.59 Å². The third-order valence-electron chi connectivity index (χ3n) is 11.0. The van der Waals surface area contributed by atoms with Gasteiger partial charge in [0.1, 0.15) is 11.9 Å². The Bertz CT molecular complexity index is 783. The van der Waals surface area contributed by atoms with Crippen LogP contribution in [0.2, 0.25) is 0 Å². The van der Waals surface area contributed by atoms with E-state index in [4.69, 9.17) is 4.74 Å². The van der Waals surface area contributed by atoms with Crippen LogP contribution in [0.4, 0.5) is 0 Å². The van der Waals surface area contributed by atoms with Crippen molar-refractivity contribution in [3.05, 3.63) is 11.6 Å². The molecule has 4 saturated carbocycles. The first-order chi connectivity index (χ1) is 14.2. The summed E-state index contributed by atoms with van der Waals surface area (Å²) in [4.78, 5) is 24.7. The summed E-state index contributed by atoms with van der Waals surface area (Å²) < 4.78 is 5.59. The van der Waals surface area contributed by atoms with Crippen molar-refractivity contribution in [3.8, 4) is 0 Å². The highest BCUT2D eigenvalue weighted by atomic mass is 16.5. The number of carbonyl (C=O) groups excluding carboxylic acids is 2. The number of allylic oxidation sites excluding steroid dienone is 1. The number of fused-ring (bicyclic) bond motifs is 7. The highest BCUT2D eigenvalue weighted by Gasteiger charge is 2.68. The molecule has 8 atom stereocenters. The lowest BCUT2D eigenvalue weighted by Gasteiger charge is -2.60. The predicted molar refractivity (Wildman–Crippen MR) is 118 cm³/mol. The molecule has 30 heavy (non-hydrogen) atoms. The van der Waals surface area contributed by atoms with Crippen molar-refractivity contribution in [2.45, 2.75) is 104 Å². The maximum Gasteiger partial charge on any atom is 0.302 e. The molecular weight excluding hydrogens is 372 g/mol. The Kier molecular flexibility index (Phi) is 4.80. The van der Waals surface area contributed by atoms with Crippen molar-refractivity contribution < 1.29 is 14.3 Å². The predicted octanol–water partition coefficient (Wildman–Crippen LogP) is 6.26. The summed E-state index contributed by atoms with van der Waals surface area (Å²) in [6.45, 7) is 8.46. The Morgan fingerprint density at radius 1 is 1.00 bits per heavy atom. The van der Waals surface area contributed by atoms with Gasteiger partial charge in [-0.15, -0.1) is 0 Å². The average Bonchev–Trinajstić information content (AvgIpc) is 2.98. The second kappa shape index (κ2) is 6.94. The lowest BCUT2D eigenvalue weighted by molar-refractivity contribution is -0.151. The molecule has 4 fully saturated rings. The van der Waals surface area contributed by atoms with E-state index in [1.807, 2.05) is 6.92 Å². The zero-order valence-corrected chi connectivity index (χ0v) is 19.5. The van der Waals surface area contributed by atoms with E-state index in [0.29, 0.717) is 17.6 Å². The van der Waals surface area contributed by atoms with Gasteiger partial charge in [0.2, 0.25) is 0 Å². The Morgan fingerprint density at radius 2 is 1.80 bits per heavy atom. The van der Waals surface area contributed by atoms with Gasteiger partial charge in [-0.05, 0) is 92.8 Å². The second-order valence-electron chi connectivity index (χ2n) is 11.9. The molecule has 0 radical (unpaired) electrons. The molecule has 0 aromatic heterocycles. The maximum atomic E-state index is 13.2. The molecule has 0 unspecified atom stereocenters. The van der Waals surface area contributed by atoms with Gasteiger partial charge in [-0.25, -0.2) is 0 Å². The summed E-state index contributed by atoms with van der Waals surface area (Å²) in [7, 11) is 0. The molecule has 5 aliphatic rings. The summed E-state index contributed by atoms with van der Waals surface area (Å²) >= 11 is 0. The van der Waals surface area contributed by atoms with Crippen LogP contribution < -0.4 is 0 Å². The smallest absolute Gasteiger partial charge is 0.302 e. The quantitative estimate of drug-likeness (QED) is 0.397.